The molecule has 0 saturated carbocycles. The summed E-state index contributed by atoms with van der Waals surface area (Å²) in [7, 11) is -2.51. The molecule has 6 nitrogen and oxygen atoms in total. The number of halogens is 1. The van der Waals surface area contributed by atoms with E-state index in [1.54, 1.807) is 0 Å². The van der Waals surface area contributed by atoms with Crippen LogP contribution in [0.2, 0.25) is 5.02 Å². The summed E-state index contributed by atoms with van der Waals surface area (Å²) in [6.07, 6.45) is 0. The molecule has 0 aliphatic heterocycles. The van der Waals surface area contributed by atoms with E-state index in [1.165, 1.54) is 7.05 Å². The molecule has 98 valence electrons. The number of hydrogen-bond donors (Lipinski definition) is 2. The number of carboxylic acids is 1. The van der Waals surface area contributed by atoms with Crippen molar-refractivity contribution in [3.05, 3.63) is 28.8 Å². The molecule has 1 amide bonds. The van der Waals surface area contributed by atoms with Crippen LogP contribution in [-0.2, 0) is 14.6 Å². The minimum absolute atomic E-state index is 0.193. The number of carboxylic acid groups (broad SMARTS) is 1. The van der Waals surface area contributed by atoms with Crippen molar-refractivity contribution in [3.8, 4) is 0 Å². The predicted molar refractivity (Wildman–Crippen MR) is 64.5 cm³/mol. The lowest BCUT2D eigenvalue weighted by molar-refractivity contribution is -0.118. The summed E-state index contributed by atoms with van der Waals surface area (Å²) < 4.78 is 23.5. The molecule has 8 heteroatoms. The van der Waals surface area contributed by atoms with Gasteiger partial charge in [0.05, 0.1) is 15.5 Å². The van der Waals surface area contributed by atoms with Crippen LogP contribution in [0.3, 0.4) is 0 Å². The average molecular weight is 292 g/mol. The van der Waals surface area contributed by atoms with Crippen LogP contribution in [0.4, 0.5) is 0 Å². The third-order valence-electron chi connectivity index (χ3n) is 2.13. The molecule has 0 atom stereocenters. The number of sulfone groups is 1. The second-order valence-corrected chi connectivity index (χ2v) is 5.78. The van der Waals surface area contributed by atoms with Gasteiger partial charge in [0.25, 0.3) is 0 Å². The van der Waals surface area contributed by atoms with Gasteiger partial charge < -0.3 is 10.4 Å². The molecule has 0 bridgehead atoms. The second kappa shape index (κ2) is 5.36. The normalized spacial score (nSPS) is 11.0. The average Bonchev–Trinajstić information content (AvgIpc) is 2.27. The van der Waals surface area contributed by atoms with E-state index in [4.69, 9.17) is 16.7 Å². The van der Waals surface area contributed by atoms with Gasteiger partial charge in [0.15, 0.2) is 9.84 Å². The number of carbonyl (C=O) groups is 2. The van der Waals surface area contributed by atoms with Crippen LogP contribution in [0.5, 0.6) is 0 Å². The molecule has 0 aliphatic carbocycles. The molecule has 0 spiro atoms. The summed E-state index contributed by atoms with van der Waals surface area (Å²) in [5, 5.41) is 10.7. The lowest BCUT2D eigenvalue weighted by Gasteiger charge is -2.05. The first kappa shape index (κ1) is 14.5. The Labute approximate surface area is 108 Å². The number of hydrogen-bond acceptors (Lipinski definition) is 4. The number of rotatable bonds is 4. The Morgan fingerprint density at radius 2 is 2.00 bits per heavy atom. The first-order chi connectivity index (χ1) is 8.27. The summed E-state index contributed by atoms with van der Waals surface area (Å²) in [5.74, 6) is -2.63. The molecule has 0 unspecified atom stereocenters. The first-order valence-electron chi connectivity index (χ1n) is 4.74. The molecular weight excluding hydrogens is 282 g/mol. The molecule has 2 N–H and O–H groups in total. The van der Waals surface area contributed by atoms with Gasteiger partial charge in [-0.2, -0.15) is 0 Å². The van der Waals surface area contributed by atoms with Gasteiger partial charge in [0.2, 0.25) is 5.91 Å². The smallest absolute Gasteiger partial charge is 0.337 e. The van der Waals surface area contributed by atoms with Crippen molar-refractivity contribution in [3.63, 3.8) is 0 Å². The van der Waals surface area contributed by atoms with E-state index >= 15 is 0 Å². The maximum absolute atomic E-state index is 11.8. The zero-order valence-electron chi connectivity index (χ0n) is 9.31. The fourth-order valence-electron chi connectivity index (χ4n) is 1.19. The minimum Gasteiger partial charge on any atom is -0.478 e. The lowest BCUT2D eigenvalue weighted by atomic mass is 10.2. The van der Waals surface area contributed by atoms with Crippen molar-refractivity contribution >= 4 is 33.3 Å². The largest absolute Gasteiger partial charge is 0.478 e. The molecule has 0 aliphatic rings. The molecule has 1 aromatic rings. The molecule has 0 fully saturated rings. The van der Waals surface area contributed by atoms with Gasteiger partial charge >= 0.3 is 5.97 Å². The SMILES string of the molecule is CNC(=O)CS(=O)(=O)c1ccc(C(=O)O)c(Cl)c1. The van der Waals surface area contributed by atoms with E-state index in [-0.39, 0.29) is 15.5 Å². The summed E-state index contributed by atoms with van der Waals surface area (Å²) >= 11 is 5.66. The Balaban J connectivity index is 3.15. The molecule has 0 heterocycles. The van der Waals surface area contributed by atoms with Crippen LogP contribution >= 0.6 is 11.6 Å². The molecule has 18 heavy (non-hydrogen) atoms. The van der Waals surface area contributed by atoms with Crippen molar-refractivity contribution in [1.29, 1.82) is 0 Å². The molecule has 1 rings (SSSR count). The Hall–Kier alpha value is -1.60. The maximum Gasteiger partial charge on any atom is 0.337 e. The van der Waals surface area contributed by atoms with E-state index < -0.39 is 27.5 Å². The number of amides is 1. The van der Waals surface area contributed by atoms with E-state index in [2.05, 4.69) is 5.32 Å². The van der Waals surface area contributed by atoms with E-state index in [0.29, 0.717) is 0 Å². The lowest BCUT2D eigenvalue weighted by Crippen LogP contribution is -2.27. The van der Waals surface area contributed by atoms with E-state index in [1.807, 2.05) is 0 Å². The highest BCUT2D eigenvalue weighted by Gasteiger charge is 2.20. The quantitative estimate of drug-likeness (QED) is 0.844. The zero-order valence-corrected chi connectivity index (χ0v) is 10.9. The molecule has 0 radical (unpaired) electrons. The molecule has 0 aromatic heterocycles. The topological polar surface area (TPSA) is 101 Å². The van der Waals surface area contributed by atoms with Crippen molar-refractivity contribution in [2.45, 2.75) is 4.90 Å². The van der Waals surface area contributed by atoms with Crippen LogP contribution in [-0.4, -0.2) is 38.2 Å². The summed E-state index contributed by atoms with van der Waals surface area (Å²) in [4.78, 5) is 21.6. The molecule has 1 aromatic carbocycles. The van der Waals surface area contributed by atoms with Gasteiger partial charge in [-0.25, -0.2) is 13.2 Å². The third kappa shape index (κ3) is 3.21. The fourth-order valence-corrected chi connectivity index (χ4v) is 2.75. The number of carbonyl (C=O) groups excluding carboxylic acids is 1. The summed E-state index contributed by atoms with van der Waals surface area (Å²) in [6, 6.07) is 3.21. The van der Waals surface area contributed by atoms with Crippen LogP contribution in [0, 0.1) is 0 Å². The van der Waals surface area contributed by atoms with Crippen LogP contribution in [0.25, 0.3) is 0 Å². The summed E-state index contributed by atoms with van der Waals surface area (Å²) in [5.41, 5.74) is -0.199. The van der Waals surface area contributed by atoms with Gasteiger partial charge in [-0.15, -0.1) is 0 Å². The van der Waals surface area contributed by atoms with Crippen LogP contribution in [0.1, 0.15) is 10.4 Å². The van der Waals surface area contributed by atoms with Crippen molar-refractivity contribution < 1.29 is 23.1 Å². The highest BCUT2D eigenvalue weighted by molar-refractivity contribution is 7.92. The molecular formula is C10H10ClNO5S. The third-order valence-corrected chi connectivity index (χ3v) is 4.06. The van der Waals surface area contributed by atoms with Gasteiger partial charge in [-0.3, -0.25) is 4.79 Å². The predicted octanol–water partition coefficient (Wildman–Crippen LogP) is 0.558. The zero-order chi connectivity index (χ0) is 13.9. The highest BCUT2D eigenvalue weighted by atomic mass is 35.5. The number of benzene rings is 1. The van der Waals surface area contributed by atoms with Crippen molar-refractivity contribution in [2.75, 3.05) is 12.8 Å². The van der Waals surface area contributed by atoms with Crippen molar-refractivity contribution in [2.24, 2.45) is 0 Å². The van der Waals surface area contributed by atoms with Gasteiger partial charge in [-0.05, 0) is 18.2 Å². The van der Waals surface area contributed by atoms with Crippen LogP contribution in [0.15, 0.2) is 23.1 Å². The maximum atomic E-state index is 11.8. The van der Waals surface area contributed by atoms with Gasteiger partial charge in [0, 0.05) is 7.05 Å². The number of nitrogens with one attached hydrogen (secondary N) is 1. The minimum atomic E-state index is -3.83. The van der Waals surface area contributed by atoms with Gasteiger partial charge in [0.1, 0.15) is 5.75 Å². The second-order valence-electron chi connectivity index (χ2n) is 3.38. The van der Waals surface area contributed by atoms with E-state index in [0.717, 1.165) is 18.2 Å². The Morgan fingerprint density at radius 1 is 1.39 bits per heavy atom. The summed E-state index contributed by atoms with van der Waals surface area (Å²) in [6.45, 7) is 0. The van der Waals surface area contributed by atoms with Gasteiger partial charge in [-0.1, -0.05) is 11.6 Å². The first-order valence-corrected chi connectivity index (χ1v) is 6.77. The molecule has 0 saturated heterocycles. The highest BCUT2D eigenvalue weighted by Crippen LogP contribution is 2.21. The van der Waals surface area contributed by atoms with Crippen LogP contribution < -0.4 is 5.32 Å². The Kier molecular flexibility index (Phi) is 4.31. The number of aromatic carboxylic acids is 1. The Morgan fingerprint density at radius 3 is 2.44 bits per heavy atom. The monoisotopic (exact) mass is 291 g/mol. The fraction of sp³-hybridized carbons (Fsp3) is 0.200. The standard InChI is InChI=1S/C10H10ClNO5S/c1-12-9(13)5-18(16,17)6-2-3-7(10(14)15)8(11)4-6/h2-4H,5H2,1H3,(H,12,13)(H,14,15). The van der Waals surface area contributed by atoms with Crippen molar-refractivity contribution in [1.82, 2.24) is 5.32 Å². The van der Waals surface area contributed by atoms with E-state index in [9.17, 15) is 18.0 Å². The Bertz CT molecular complexity index is 596.